The molecule has 0 bridgehead atoms. The zero-order valence-corrected chi connectivity index (χ0v) is 14.6. The number of carbonyl (C=O) groups is 1. The third-order valence-corrected chi connectivity index (χ3v) is 4.08. The van der Waals surface area contributed by atoms with Gasteiger partial charge in [-0.3, -0.25) is 4.79 Å². The van der Waals surface area contributed by atoms with Crippen LogP contribution in [0.25, 0.3) is 0 Å². The Morgan fingerprint density at radius 1 is 0.923 bits per heavy atom. The Hall–Kier alpha value is -3.34. The molecule has 0 amide bonds. The Kier molecular flexibility index (Phi) is 5.17. The molecule has 5 nitrogen and oxygen atoms in total. The maximum Gasteiger partial charge on any atom is 0.348 e. The second kappa shape index (κ2) is 7.70. The third-order valence-electron chi connectivity index (χ3n) is 4.08. The summed E-state index contributed by atoms with van der Waals surface area (Å²) in [5.74, 6) is -0.529. The molecule has 0 spiro atoms. The lowest BCUT2D eigenvalue weighted by molar-refractivity contribution is 0.0371. The van der Waals surface area contributed by atoms with Gasteiger partial charge in [-0.15, -0.1) is 0 Å². The molecule has 3 aromatic rings. The molecule has 0 radical (unpaired) electrons. The number of ether oxygens (including phenoxy) is 2. The van der Waals surface area contributed by atoms with Crippen molar-refractivity contribution >= 4 is 5.97 Å². The summed E-state index contributed by atoms with van der Waals surface area (Å²) in [5, 5.41) is 0. The van der Waals surface area contributed by atoms with Gasteiger partial charge in [0.05, 0.1) is 7.11 Å². The second-order valence-electron chi connectivity index (χ2n) is 5.78. The number of benzene rings is 2. The molecule has 0 aliphatic carbocycles. The summed E-state index contributed by atoms with van der Waals surface area (Å²) >= 11 is 0. The van der Waals surface area contributed by atoms with E-state index >= 15 is 0 Å². The zero-order valence-electron chi connectivity index (χ0n) is 14.6. The second-order valence-corrected chi connectivity index (χ2v) is 5.78. The lowest BCUT2D eigenvalue weighted by atomic mass is 10.0. The minimum absolute atomic E-state index is 0.116. The number of methoxy groups -OCH3 is 1. The van der Waals surface area contributed by atoms with E-state index in [0.717, 1.165) is 11.1 Å². The van der Waals surface area contributed by atoms with Crippen molar-refractivity contribution in [3.63, 3.8) is 0 Å². The minimum atomic E-state index is -0.722. The maximum atomic E-state index is 12.8. The van der Waals surface area contributed by atoms with Gasteiger partial charge in [-0.05, 0) is 17.2 Å². The van der Waals surface area contributed by atoms with Gasteiger partial charge in [0.25, 0.3) is 5.56 Å². The Morgan fingerprint density at radius 2 is 1.46 bits per heavy atom. The number of aromatic nitrogens is 1. The fourth-order valence-electron chi connectivity index (χ4n) is 2.72. The fraction of sp³-hybridized carbons (Fsp3) is 0.143. The summed E-state index contributed by atoms with van der Waals surface area (Å²) in [6.45, 7) is 0. The van der Waals surface area contributed by atoms with Crippen molar-refractivity contribution in [3.05, 3.63) is 100.0 Å². The van der Waals surface area contributed by atoms with Gasteiger partial charge < -0.3 is 14.0 Å². The highest BCUT2D eigenvalue weighted by molar-refractivity contribution is 5.92. The molecule has 0 aliphatic heterocycles. The molecule has 0 unspecified atom stereocenters. The van der Waals surface area contributed by atoms with Crippen LogP contribution in [0.5, 0.6) is 5.75 Å². The smallest absolute Gasteiger partial charge is 0.348 e. The summed E-state index contributed by atoms with van der Waals surface area (Å²) in [6.07, 6.45) is 0.920. The number of carbonyl (C=O) groups excluding carboxylic acids is 1. The molecular weight excluding hydrogens is 330 g/mol. The van der Waals surface area contributed by atoms with Crippen molar-refractivity contribution in [2.75, 3.05) is 7.11 Å². The molecule has 3 rings (SSSR count). The molecule has 0 saturated heterocycles. The number of hydrogen-bond acceptors (Lipinski definition) is 4. The summed E-state index contributed by atoms with van der Waals surface area (Å²) in [5.41, 5.74) is 1.06. The van der Waals surface area contributed by atoms with Crippen LogP contribution in [0, 0.1) is 0 Å². The largest absolute Gasteiger partial charge is 0.496 e. The number of rotatable bonds is 5. The molecule has 0 N–H and O–H groups in total. The van der Waals surface area contributed by atoms with E-state index in [2.05, 4.69) is 0 Å². The van der Waals surface area contributed by atoms with Crippen LogP contribution >= 0.6 is 0 Å². The van der Waals surface area contributed by atoms with Gasteiger partial charge in [-0.25, -0.2) is 4.79 Å². The molecule has 0 atom stereocenters. The van der Waals surface area contributed by atoms with Gasteiger partial charge >= 0.3 is 5.97 Å². The Bertz CT molecular complexity index is 909. The first-order valence-corrected chi connectivity index (χ1v) is 8.16. The topological polar surface area (TPSA) is 57.5 Å². The van der Waals surface area contributed by atoms with Crippen LogP contribution in [0.3, 0.4) is 0 Å². The number of esters is 1. The van der Waals surface area contributed by atoms with Crippen molar-refractivity contribution in [2.24, 2.45) is 7.05 Å². The summed E-state index contributed by atoms with van der Waals surface area (Å²) in [7, 11) is 2.99. The van der Waals surface area contributed by atoms with Crippen LogP contribution in [0.1, 0.15) is 27.6 Å². The van der Waals surface area contributed by atoms with Gasteiger partial charge in [0, 0.05) is 13.2 Å². The predicted octanol–water partition coefficient (Wildman–Crippen LogP) is 3.34. The lowest BCUT2D eigenvalue weighted by Crippen LogP contribution is -2.27. The first kappa shape index (κ1) is 17.5. The van der Waals surface area contributed by atoms with Crippen molar-refractivity contribution in [3.8, 4) is 5.75 Å². The van der Waals surface area contributed by atoms with Gasteiger partial charge in [-0.2, -0.15) is 0 Å². The molecule has 132 valence electrons. The van der Waals surface area contributed by atoms with E-state index in [9.17, 15) is 9.59 Å². The van der Waals surface area contributed by atoms with E-state index in [0.29, 0.717) is 0 Å². The Morgan fingerprint density at radius 3 is 1.96 bits per heavy atom. The van der Waals surface area contributed by atoms with Crippen LogP contribution in [0.4, 0.5) is 0 Å². The quantitative estimate of drug-likeness (QED) is 0.663. The van der Waals surface area contributed by atoms with Crippen LogP contribution in [0.15, 0.2) is 77.7 Å². The minimum Gasteiger partial charge on any atom is -0.496 e. The highest BCUT2D eigenvalue weighted by Gasteiger charge is 2.25. The molecular formula is C21H19NO4. The van der Waals surface area contributed by atoms with Gasteiger partial charge in [0.15, 0.2) is 11.7 Å². The number of aryl methyl sites for hydroxylation is 1. The summed E-state index contributed by atoms with van der Waals surface area (Å²) < 4.78 is 12.3. The first-order valence-electron chi connectivity index (χ1n) is 8.16. The van der Waals surface area contributed by atoms with Crippen LogP contribution in [0.2, 0.25) is 0 Å². The van der Waals surface area contributed by atoms with Crippen LogP contribution < -0.4 is 10.3 Å². The molecule has 0 aliphatic rings. The molecule has 5 heteroatoms. The van der Waals surface area contributed by atoms with E-state index in [4.69, 9.17) is 9.47 Å². The first-order chi connectivity index (χ1) is 12.6. The molecule has 0 saturated carbocycles. The zero-order chi connectivity index (χ0) is 18.5. The molecule has 2 aromatic carbocycles. The van der Waals surface area contributed by atoms with E-state index in [-0.39, 0.29) is 11.3 Å². The molecule has 1 heterocycles. The average molecular weight is 349 g/mol. The number of hydrogen-bond donors (Lipinski definition) is 0. The number of nitrogens with zero attached hydrogens (tertiary/aromatic N) is 1. The van der Waals surface area contributed by atoms with Crippen LogP contribution in [-0.4, -0.2) is 17.6 Å². The summed E-state index contributed by atoms with van der Waals surface area (Å²) in [6, 6.07) is 20.4. The molecule has 1 aromatic heterocycles. The summed E-state index contributed by atoms with van der Waals surface area (Å²) in [4.78, 5) is 25.3. The normalized spacial score (nSPS) is 10.6. The van der Waals surface area contributed by atoms with Crippen LogP contribution in [-0.2, 0) is 11.8 Å². The standard InChI is InChI=1S/C21H19NO4/c1-22-14-13-17(25-2)18(20(22)23)21(24)26-19(15-9-5-3-6-10-15)16-11-7-4-8-12-16/h3-14,19H,1-2H3. The highest BCUT2D eigenvalue weighted by Crippen LogP contribution is 2.28. The van der Waals surface area contributed by atoms with E-state index in [1.807, 2.05) is 60.7 Å². The maximum absolute atomic E-state index is 12.8. The third kappa shape index (κ3) is 3.52. The molecule has 0 fully saturated rings. The Balaban J connectivity index is 2.02. The highest BCUT2D eigenvalue weighted by atomic mass is 16.5. The van der Waals surface area contributed by atoms with E-state index < -0.39 is 17.6 Å². The Labute approximate surface area is 151 Å². The number of pyridine rings is 1. The van der Waals surface area contributed by atoms with E-state index in [1.165, 1.54) is 11.7 Å². The molecule has 26 heavy (non-hydrogen) atoms. The average Bonchev–Trinajstić information content (AvgIpc) is 2.69. The SMILES string of the molecule is COc1ccn(C)c(=O)c1C(=O)OC(c1ccccc1)c1ccccc1. The fourth-order valence-corrected chi connectivity index (χ4v) is 2.72. The van der Waals surface area contributed by atoms with Gasteiger partial charge in [-0.1, -0.05) is 60.7 Å². The van der Waals surface area contributed by atoms with Crippen molar-refractivity contribution in [2.45, 2.75) is 6.10 Å². The van der Waals surface area contributed by atoms with Crippen molar-refractivity contribution in [1.29, 1.82) is 0 Å². The monoisotopic (exact) mass is 349 g/mol. The van der Waals surface area contributed by atoms with Gasteiger partial charge in [0.1, 0.15) is 5.75 Å². The van der Waals surface area contributed by atoms with Crippen molar-refractivity contribution in [1.82, 2.24) is 4.57 Å². The van der Waals surface area contributed by atoms with E-state index in [1.54, 1.807) is 19.3 Å². The lowest BCUT2D eigenvalue weighted by Gasteiger charge is -2.19. The predicted molar refractivity (Wildman–Crippen MR) is 98.4 cm³/mol. The van der Waals surface area contributed by atoms with Gasteiger partial charge in [0.2, 0.25) is 0 Å². The van der Waals surface area contributed by atoms with Crippen molar-refractivity contribution < 1.29 is 14.3 Å².